The zero-order valence-electron chi connectivity index (χ0n) is 29.9. The van der Waals surface area contributed by atoms with E-state index in [9.17, 15) is 9.59 Å². The molecule has 2 aliphatic heterocycles. The zero-order chi connectivity index (χ0) is 34.7. The van der Waals surface area contributed by atoms with Crippen molar-refractivity contribution in [3.05, 3.63) is 83.3 Å². The average Bonchev–Trinajstić information content (AvgIpc) is 3.14. The number of hydrogen-bond donors (Lipinski definition) is 2. The number of carbonyl (C=O) groups is 2. The van der Waals surface area contributed by atoms with Gasteiger partial charge in [-0.25, -0.2) is 19.9 Å². The molecular weight excluding hydrogens is 456 g/mol. The summed E-state index contributed by atoms with van der Waals surface area (Å²) in [5.41, 5.74) is -0.806. The highest BCUT2D eigenvalue weighted by atomic mass is 16.2. The van der Waals surface area contributed by atoms with Crippen LogP contribution in [-0.4, -0.2) is 45.8 Å². The fraction of sp³-hybridized carbons (Fsp3) is 0.154. The van der Waals surface area contributed by atoms with Crippen LogP contribution < -0.4 is 20.4 Å². The van der Waals surface area contributed by atoms with Crippen molar-refractivity contribution in [3.8, 4) is 0 Å². The van der Waals surface area contributed by atoms with Gasteiger partial charge in [0, 0.05) is 47.1 Å². The Morgan fingerprint density at radius 2 is 1.25 bits per heavy atom. The summed E-state index contributed by atoms with van der Waals surface area (Å²) in [7, 11) is 3.06. The van der Waals surface area contributed by atoms with Crippen LogP contribution in [0.15, 0.2) is 61.1 Å². The number of carbonyl (C=O) groups excluding carboxylic acids is 2. The lowest BCUT2D eigenvalue weighted by Gasteiger charge is -2.18. The largest absolute Gasteiger partial charge is 0.318 e. The number of anilines is 6. The molecule has 2 N–H and O–H groups in total. The molecule has 36 heavy (non-hydrogen) atoms. The van der Waals surface area contributed by atoms with Gasteiger partial charge in [0.2, 0.25) is 0 Å². The lowest BCUT2D eigenvalue weighted by atomic mass is 10.2. The number of pyridine rings is 4. The number of aromatic nitrogens is 4. The van der Waals surface area contributed by atoms with Crippen LogP contribution in [0.5, 0.6) is 0 Å². The van der Waals surface area contributed by atoms with Gasteiger partial charge in [-0.1, -0.05) is 0 Å². The predicted molar refractivity (Wildman–Crippen MR) is 138 cm³/mol. The van der Waals surface area contributed by atoms with Crippen LogP contribution in [0.2, 0.25) is 0 Å². The molecule has 0 fully saturated rings. The van der Waals surface area contributed by atoms with Crippen LogP contribution in [0.3, 0.4) is 0 Å². The van der Waals surface area contributed by atoms with Gasteiger partial charge < -0.3 is 20.4 Å². The highest BCUT2D eigenvalue weighted by Crippen LogP contribution is 2.36. The van der Waals surface area contributed by atoms with Crippen molar-refractivity contribution in [1.82, 2.24) is 19.9 Å². The van der Waals surface area contributed by atoms with Crippen LogP contribution in [0, 0.1) is 13.7 Å². The van der Waals surface area contributed by atoms with Gasteiger partial charge in [0.25, 0.3) is 11.8 Å². The Balaban J connectivity index is 0.000000185. The summed E-state index contributed by atoms with van der Waals surface area (Å²) >= 11 is 0. The van der Waals surface area contributed by atoms with Crippen molar-refractivity contribution < 1.29 is 24.7 Å². The smallest absolute Gasteiger partial charge is 0.259 e. The number of aryl methyl sites for hydroxylation is 1. The Morgan fingerprint density at radius 3 is 1.81 bits per heavy atom. The first-order chi connectivity index (χ1) is 21.8. The summed E-state index contributed by atoms with van der Waals surface area (Å²) in [5, 5.41) is 4.93. The van der Waals surface area contributed by atoms with Gasteiger partial charge in [-0.2, -0.15) is 0 Å². The monoisotopic (exact) mass is 491 g/mol. The fourth-order valence-electron chi connectivity index (χ4n) is 3.61. The molecule has 0 saturated heterocycles. The average molecular weight is 492 g/mol. The van der Waals surface area contributed by atoms with Gasteiger partial charge in [-0.15, -0.1) is 0 Å². The van der Waals surface area contributed by atoms with E-state index < -0.39 is 43.3 Å². The Kier molecular flexibility index (Phi) is 3.35. The normalized spacial score (nSPS) is 18.6. The Hall–Kier alpha value is -4.86. The van der Waals surface area contributed by atoms with E-state index in [1.54, 1.807) is 7.05 Å². The molecule has 0 aromatic carbocycles. The molecule has 0 bridgehead atoms. The molecule has 6 heterocycles. The van der Waals surface area contributed by atoms with E-state index in [1.165, 1.54) is 41.4 Å². The molecule has 0 radical (unpaired) electrons. The van der Waals surface area contributed by atoms with Crippen molar-refractivity contribution in [2.24, 2.45) is 0 Å². The molecule has 4 aromatic rings. The quantitative estimate of drug-likeness (QED) is 0.375. The first-order valence-corrected chi connectivity index (χ1v) is 10.4. The van der Waals surface area contributed by atoms with Crippen molar-refractivity contribution in [2.75, 3.05) is 34.5 Å². The lowest BCUT2D eigenvalue weighted by Crippen LogP contribution is -2.14. The van der Waals surface area contributed by atoms with Crippen molar-refractivity contribution >= 4 is 46.5 Å². The van der Waals surface area contributed by atoms with Crippen LogP contribution in [0.25, 0.3) is 0 Å². The van der Waals surface area contributed by atoms with Crippen molar-refractivity contribution in [3.63, 3.8) is 0 Å². The molecule has 2 aliphatic rings. The topological polar surface area (TPSA) is 116 Å². The molecule has 10 nitrogen and oxygen atoms in total. The van der Waals surface area contributed by atoms with E-state index in [0.717, 1.165) is 6.07 Å². The van der Waals surface area contributed by atoms with E-state index in [4.69, 9.17) is 15.1 Å². The molecule has 0 aliphatic carbocycles. The van der Waals surface area contributed by atoms with Gasteiger partial charge in [0.1, 0.15) is 11.6 Å². The summed E-state index contributed by atoms with van der Waals surface area (Å²) in [6, 6.07) is 3.12. The fourth-order valence-corrected chi connectivity index (χ4v) is 3.61. The SMILES string of the molecule is [2H]c1cc(C([2H])([2H])[2H])c2c(n1)N(C)c1nccc([2H])c1C(=O)N2.[2H]c1ccnc2c1C(=O)Nc1c(nc([2H])c([2H])c1C([2H])([2H])[2H])N2C. The van der Waals surface area contributed by atoms with E-state index in [0.29, 0.717) is 0 Å². The Labute approximate surface area is 223 Å². The number of rotatable bonds is 0. The molecule has 0 atom stereocenters. The predicted octanol–water partition coefficient (Wildman–Crippen LogP) is 4.24. The molecule has 0 saturated carbocycles. The van der Waals surface area contributed by atoms with Crippen LogP contribution in [0.1, 0.15) is 46.9 Å². The van der Waals surface area contributed by atoms with Crippen LogP contribution in [-0.2, 0) is 0 Å². The van der Waals surface area contributed by atoms with Crippen molar-refractivity contribution in [1.29, 1.82) is 0 Å². The minimum absolute atomic E-state index is 0.00546. The maximum absolute atomic E-state index is 12.5. The highest BCUT2D eigenvalue weighted by Gasteiger charge is 2.26. The third-order valence-corrected chi connectivity index (χ3v) is 5.34. The van der Waals surface area contributed by atoms with Gasteiger partial charge in [0.15, 0.2) is 11.6 Å². The molecule has 6 rings (SSSR count). The van der Waals surface area contributed by atoms with E-state index in [-0.39, 0.29) is 69.6 Å². The Bertz CT molecular complexity index is 1970. The highest BCUT2D eigenvalue weighted by molar-refractivity contribution is 6.12. The van der Waals surface area contributed by atoms with E-state index in [1.807, 2.05) is 0 Å². The van der Waals surface area contributed by atoms with Gasteiger partial charge >= 0.3 is 0 Å². The zero-order valence-corrected chi connectivity index (χ0v) is 18.9. The second-order valence-electron chi connectivity index (χ2n) is 7.52. The van der Waals surface area contributed by atoms with Crippen LogP contribution >= 0.6 is 0 Å². The van der Waals surface area contributed by atoms with Crippen molar-refractivity contribution in [2.45, 2.75) is 13.7 Å². The third-order valence-electron chi connectivity index (χ3n) is 5.34. The maximum atomic E-state index is 12.5. The van der Waals surface area contributed by atoms with Gasteiger partial charge in [-0.3, -0.25) is 9.59 Å². The number of amides is 2. The summed E-state index contributed by atoms with van der Waals surface area (Å²) in [5.74, 6) is -0.934. The van der Waals surface area contributed by atoms with Crippen LogP contribution in [0.4, 0.5) is 34.6 Å². The number of hydrogen-bond acceptors (Lipinski definition) is 8. The van der Waals surface area contributed by atoms with E-state index in [2.05, 4.69) is 30.6 Å². The number of nitrogens with zero attached hydrogens (tertiary/aromatic N) is 6. The number of fused-ring (bicyclic) bond motifs is 4. The van der Waals surface area contributed by atoms with Gasteiger partial charge in [0.05, 0.1) is 29.4 Å². The molecule has 10 heteroatoms. The molecule has 2 amide bonds. The summed E-state index contributed by atoms with van der Waals surface area (Å²) in [4.78, 5) is 43.8. The standard InChI is InChI=1S/2C13H12N4O/c2*1-8-5-7-15-12-10(8)16-13(18)9-4-3-6-14-11(9)17(12)2/h2*3-7H,1-2H3,(H,16,18)/i1D3,4D,5D,7D;1D3,4D,7D. The molecular formula is C26H24N8O2. The first kappa shape index (κ1) is 13.3. The van der Waals surface area contributed by atoms with Gasteiger partial charge in [-0.05, 0) is 61.2 Å². The third kappa shape index (κ3) is 3.88. The summed E-state index contributed by atoms with van der Waals surface area (Å²) < 4.78 is 84.9. The molecule has 0 unspecified atom stereocenters. The summed E-state index contributed by atoms with van der Waals surface area (Å²) in [6.07, 6.45) is 1.97. The minimum atomic E-state index is -2.72. The first-order valence-electron chi connectivity index (χ1n) is 15.9. The maximum Gasteiger partial charge on any atom is 0.259 e. The molecule has 180 valence electrons. The Morgan fingerprint density at radius 1 is 0.722 bits per heavy atom. The second kappa shape index (κ2) is 9.06. The van der Waals surface area contributed by atoms with E-state index >= 15 is 0 Å². The lowest BCUT2D eigenvalue weighted by molar-refractivity contribution is 0.101. The summed E-state index contributed by atoms with van der Waals surface area (Å²) in [6.45, 7) is -5.24. The molecule has 0 spiro atoms. The second-order valence-corrected chi connectivity index (χ2v) is 7.52. The molecule has 4 aromatic heterocycles. The number of nitrogens with one attached hydrogen (secondary N) is 2. The minimum Gasteiger partial charge on any atom is -0.318 e.